The Morgan fingerprint density at radius 2 is 2.14 bits per heavy atom. The van der Waals surface area contributed by atoms with E-state index < -0.39 is 0 Å². The molecule has 1 spiro atoms. The molecule has 2 bridgehead atoms. The summed E-state index contributed by atoms with van der Waals surface area (Å²) >= 11 is 0. The van der Waals surface area contributed by atoms with Crippen LogP contribution in [0.25, 0.3) is 11.0 Å². The smallest absolute Gasteiger partial charge is 0.326 e. The van der Waals surface area contributed by atoms with Crippen LogP contribution in [0.2, 0.25) is 0 Å². The molecule has 0 radical (unpaired) electrons. The van der Waals surface area contributed by atoms with E-state index in [9.17, 15) is 14.7 Å². The minimum atomic E-state index is -0.250. The summed E-state index contributed by atoms with van der Waals surface area (Å²) < 4.78 is 7.81. The average molecular weight is 403 g/mol. The first-order valence-electron chi connectivity index (χ1n) is 9.85. The number of benzene rings is 1. The number of imidazole rings is 1. The lowest BCUT2D eigenvalue weighted by atomic mass is 9.74. The Morgan fingerprint density at radius 3 is 2.90 bits per heavy atom. The van der Waals surface area contributed by atoms with Crippen LogP contribution in [0.4, 0.5) is 0 Å². The molecule has 0 saturated carbocycles. The third-order valence-corrected chi connectivity index (χ3v) is 6.58. The molecular weight excluding hydrogens is 378 g/mol. The summed E-state index contributed by atoms with van der Waals surface area (Å²) in [4.78, 5) is 38.0. The van der Waals surface area contributed by atoms with Gasteiger partial charge in [-0.2, -0.15) is 0 Å². The molecule has 3 N–H and O–H groups in total. The maximum Gasteiger partial charge on any atom is 0.326 e. The van der Waals surface area contributed by atoms with Gasteiger partial charge in [0.15, 0.2) is 0 Å². The van der Waals surface area contributed by atoms with E-state index in [4.69, 9.17) is 14.6 Å². The van der Waals surface area contributed by atoms with Gasteiger partial charge in [0.05, 0.1) is 29.3 Å². The highest BCUT2D eigenvalue weighted by molar-refractivity contribution is 5.78. The van der Waals surface area contributed by atoms with Gasteiger partial charge >= 0.3 is 5.69 Å². The van der Waals surface area contributed by atoms with Gasteiger partial charge < -0.3 is 24.8 Å². The van der Waals surface area contributed by atoms with Crippen LogP contribution in [-0.2, 0) is 20.9 Å². The summed E-state index contributed by atoms with van der Waals surface area (Å²) in [5, 5.41) is 16.6. The molecule has 156 valence electrons. The van der Waals surface area contributed by atoms with Gasteiger partial charge in [-0.1, -0.05) is 12.1 Å². The number of amides is 1. The molecule has 3 saturated heterocycles. The number of aliphatic hydroxyl groups is 1. The number of carbonyl (C=O) groups excluding carboxylic acids is 1. The van der Waals surface area contributed by atoms with Crippen LogP contribution in [0.1, 0.15) is 19.3 Å². The van der Waals surface area contributed by atoms with Gasteiger partial charge in [-0.3, -0.25) is 14.2 Å². The van der Waals surface area contributed by atoms with Crippen LogP contribution in [0.15, 0.2) is 29.1 Å². The van der Waals surface area contributed by atoms with Crippen molar-refractivity contribution < 1.29 is 24.5 Å². The number of hydrogen-bond donors (Lipinski definition) is 3. The number of nitrogens with one attached hydrogen (secondary N) is 1. The number of aromatic nitrogens is 2. The van der Waals surface area contributed by atoms with Crippen molar-refractivity contribution in [3.8, 4) is 0 Å². The van der Waals surface area contributed by atoms with Gasteiger partial charge in [-0.05, 0) is 25.0 Å². The molecule has 3 aliphatic rings. The summed E-state index contributed by atoms with van der Waals surface area (Å²) in [6.45, 7) is 1.52. The van der Waals surface area contributed by atoms with Gasteiger partial charge in [-0.25, -0.2) is 4.79 Å². The number of carbonyl (C=O) groups is 2. The zero-order chi connectivity index (χ0) is 20.6. The zero-order valence-corrected chi connectivity index (χ0v) is 16.0. The van der Waals surface area contributed by atoms with Crippen molar-refractivity contribution in [3.05, 3.63) is 34.7 Å². The average Bonchev–Trinajstić information content (AvgIpc) is 3.43. The highest BCUT2D eigenvalue weighted by Gasteiger charge is 2.63. The fourth-order valence-electron chi connectivity index (χ4n) is 5.32. The Hall–Kier alpha value is -2.65. The summed E-state index contributed by atoms with van der Waals surface area (Å²) in [5.74, 6) is 0.443. The SMILES string of the molecule is O=C(CCn1c(=O)[nH]c2ccccc21)N1C[C@H]2[C@@H](CO)[C@@H]3CC[C@@]2(C1)O3.O=CO. The third kappa shape index (κ3) is 3.24. The van der Waals surface area contributed by atoms with E-state index >= 15 is 0 Å². The number of carboxylic acid groups (broad SMARTS) is 1. The summed E-state index contributed by atoms with van der Waals surface area (Å²) in [5.41, 5.74) is 1.18. The number of aliphatic hydroxyl groups excluding tert-OH is 1. The Balaban J connectivity index is 0.000000645. The molecule has 3 aliphatic heterocycles. The number of para-hydroxylation sites is 2. The number of likely N-dealkylation sites (tertiary alicyclic amines) is 1. The van der Waals surface area contributed by atoms with Crippen molar-refractivity contribution in [3.63, 3.8) is 0 Å². The number of aryl methyl sites for hydroxylation is 1. The summed E-state index contributed by atoms with van der Waals surface area (Å²) in [6.07, 6.45) is 2.41. The van der Waals surface area contributed by atoms with Gasteiger partial charge in [0.25, 0.3) is 6.47 Å². The van der Waals surface area contributed by atoms with Crippen molar-refractivity contribution in [2.75, 3.05) is 19.7 Å². The van der Waals surface area contributed by atoms with Crippen LogP contribution >= 0.6 is 0 Å². The molecule has 0 aliphatic carbocycles. The number of hydrogen-bond acceptors (Lipinski definition) is 5. The van der Waals surface area contributed by atoms with Crippen LogP contribution < -0.4 is 5.69 Å². The molecule has 9 heteroatoms. The van der Waals surface area contributed by atoms with Crippen LogP contribution in [0.3, 0.4) is 0 Å². The Bertz CT molecular complexity index is 969. The zero-order valence-electron chi connectivity index (χ0n) is 16.0. The molecule has 9 nitrogen and oxygen atoms in total. The van der Waals surface area contributed by atoms with E-state index in [1.165, 1.54) is 0 Å². The molecule has 1 aromatic carbocycles. The molecule has 4 atom stereocenters. The molecule has 0 unspecified atom stereocenters. The third-order valence-electron chi connectivity index (χ3n) is 6.58. The van der Waals surface area contributed by atoms with E-state index in [-0.39, 0.29) is 54.6 Å². The van der Waals surface area contributed by atoms with Crippen LogP contribution in [0, 0.1) is 11.8 Å². The minimum Gasteiger partial charge on any atom is -0.483 e. The first kappa shape index (κ1) is 19.7. The Morgan fingerprint density at radius 1 is 1.38 bits per heavy atom. The predicted octanol–water partition coefficient (Wildman–Crippen LogP) is 0.419. The minimum absolute atomic E-state index is 0.0506. The number of H-pyrrole nitrogens is 1. The lowest BCUT2D eigenvalue weighted by Gasteiger charge is -2.27. The van der Waals surface area contributed by atoms with Gasteiger partial charge in [0.2, 0.25) is 5.91 Å². The van der Waals surface area contributed by atoms with Crippen molar-refractivity contribution in [2.24, 2.45) is 11.8 Å². The second-order valence-corrected chi connectivity index (χ2v) is 7.94. The van der Waals surface area contributed by atoms with Crippen molar-refractivity contribution in [1.29, 1.82) is 0 Å². The normalized spacial score (nSPS) is 29.6. The number of ether oxygens (including phenoxy) is 1. The molecule has 4 heterocycles. The van der Waals surface area contributed by atoms with Crippen molar-refractivity contribution in [1.82, 2.24) is 14.5 Å². The predicted molar refractivity (Wildman–Crippen MR) is 103 cm³/mol. The maximum atomic E-state index is 12.8. The highest BCUT2D eigenvalue weighted by atomic mass is 16.5. The second-order valence-electron chi connectivity index (χ2n) is 7.94. The number of fused-ring (bicyclic) bond motifs is 2. The first-order valence-corrected chi connectivity index (χ1v) is 9.85. The van der Waals surface area contributed by atoms with Crippen molar-refractivity contribution in [2.45, 2.75) is 37.5 Å². The van der Waals surface area contributed by atoms with E-state index in [2.05, 4.69) is 4.98 Å². The Kier molecular flexibility index (Phi) is 5.18. The van der Waals surface area contributed by atoms with E-state index in [1.807, 2.05) is 29.2 Å². The number of rotatable bonds is 4. The fourth-order valence-corrected chi connectivity index (χ4v) is 5.32. The van der Waals surface area contributed by atoms with Gasteiger partial charge in [0.1, 0.15) is 0 Å². The first-order chi connectivity index (χ1) is 14.0. The standard InChI is InChI=1S/C19H23N3O4.CH2O2/c23-10-12-13-9-21(11-19(13)7-5-16(12)26-19)17(24)6-8-22-15-4-2-1-3-14(15)20-18(22)25;2-1-3/h1-4,12-13,16,23H,5-11H2,(H,20,25);1H,(H,2,3)/t12-,13+,16+,19+;/m1./s1. The second kappa shape index (κ2) is 7.64. The van der Waals surface area contributed by atoms with E-state index in [0.717, 1.165) is 23.9 Å². The largest absolute Gasteiger partial charge is 0.483 e. The van der Waals surface area contributed by atoms with Gasteiger partial charge in [0, 0.05) is 38.0 Å². The summed E-state index contributed by atoms with van der Waals surface area (Å²) in [6, 6.07) is 7.51. The lowest BCUT2D eigenvalue weighted by molar-refractivity contribution is -0.132. The number of nitrogens with zero attached hydrogens (tertiary/aromatic N) is 2. The molecular formula is C20H25N3O6. The molecule has 2 aromatic rings. The molecule has 5 rings (SSSR count). The monoisotopic (exact) mass is 403 g/mol. The van der Waals surface area contributed by atoms with Crippen LogP contribution in [0.5, 0.6) is 0 Å². The maximum absolute atomic E-state index is 12.8. The fraction of sp³-hybridized carbons (Fsp3) is 0.550. The molecule has 3 fully saturated rings. The van der Waals surface area contributed by atoms with E-state index in [0.29, 0.717) is 19.6 Å². The molecule has 1 aromatic heterocycles. The highest BCUT2D eigenvalue weighted by Crippen LogP contribution is 2.54. The van der Waals surface area contributed by atoms with E-state index in [1.54, 1.807) is 4.57 Å². The number of aromatic amines is 1. The summed E-state index contributed by atoms with van der Waals surface area (Å²) in [7, 11) is 0. The van der Waals surface area contributed by atoms with Gasteiger partial charge in [-0.15, -0.1) is 0 Å². The quantitative estimate of drug-likeness (QED) is 0.636. The van der Waals surface area contributed by atoms with Crippen LogP contribution in [-0.4, -0.2) is 68.4 Å². The lowest BCUT2D eigenvalue weighted by Crippen LogP contribution is -2.38. The molecule has 1 amide bonds. The Labute approximate surface area is 166 Å². The molecule has 29 heavy (non-hydrogen) atoms. The topological polar surface area (TPSA) is 125 Å². The van der Waals surface area contributed by atoms with Crippen molar-refractivity contribution >= 4 is 23.4 Å².